The number of benzene rings is 3. The molecule has 194 valence electrons. The molecule has 39 heavy (non-hydrogen) atoms. The highest BCUT2D eigenvalue weighted by atomic mass is 19.4. The van der Waals surface area contributed by atoms with Gasteiger partial charge >= 0.3 is 6.18 Å². The molecule has 0 atom stereocenters. The first-order valence-corrected chi connectivity index (χ1v) is 12.2. The van der Waals surface area contributed by atoms with Crippen molar-refractivity contribution in [2.75, 3.05) is 0 Å². The Morgan fingerprint density at radius 1 is 0.872 bits per heavy atom. The topological polar surface area (TPSA) is 72.3 Å². The second-order valence-electron chi connectivity index (χ2n) is 9.12. The Labute approximate surface area is 220 Å². The van der Waals surface area contributed by atoms with Crippen LogP contribution in [0.1, 0.15) is 27.4 Å². The van der Waals surface area contributed by atoms with E-state index >= 15 is 0 Å². The van der Waals surface area contributed by atoms with Crippen molar-refractivity contribution in [1.82, 2.24) is 19.4 Å². The number of halogens is 3. The van der Waals surface area contributed by atoms with Crippen LogP contribution in [0.15, 0.2) is 97.3 Å². The van der Waals surface area contributed by atoms with Gasteiger partial charge in [-0.05, 0) is 53.1 Å². The molecule has 0 saturated heterocycles. The number of carbonyl (C=O) groups excluding carboxylic acids is 1. The summed E-state index contributed by atoms with van der Waals surface area (Å²) in [6, 6.07) is 23.9. The molecular formula is C30H21F3N4O2. The van der Waals surface area contributed by atoms with E-state index in [0.717, 1.165) is 23.3 Å². The number of ketones is 1. The third-order valence-corrected chi connectivity index (χ3v) is 6.36. The van der Waals surface area contributed by atoms with E-state index in [1.54, 1.807) is 24.4 Å². The number of rotatable bonds is 7. The summed E-state index contributed by atoms with van der Waals surface area (Å²) in [5.74, 6) is 0.855. The lowest BCUT2D eigenvalue weighted by atomic mass is 10.1. The Balaban J connectivity index is 1.14. The number of nitrogens with one attached hydrogen (secondary N) is 1. The number of H-pyrrole nitrogens is 1. The Kier molecular flexibility index (Phi) is 6.11. The third-order valence-electron chi connectivity index (χ3n) is 6.36. The average Bonchev–Trinajstić information content (AvgIpc) is 3.55. The molecule has 0 aliphatic carbocycles. The molecule has 0 spiro atoms. The predicted octanol–water partition coefficient (Wildman–Crippen LogP) is 6.90. The molecule has 0 radical (unpaired) electrons. The molecule has 1 N–H and O–H groups in total. The Morgan fingerprint density at radius 2 is 1.67 bits per heavy atom. The van der Waals surface area contributed by atoms with E-state index in [2.05, 4.69) is 15.0 Å². The summed E-state index contributed by atoms with van der Waals surface area (Å²) in [4.78, 5) is 25.1. The molecule has 0 fully saturated rings. The van der Waals surface area contributed by atoms with Crippen molar-refractivity contribution in [3.8, 4) is 16.9 Å². The van der Waals surface area contributed by atoms with Crippen LogP contribution in [0.4, 0.5) is 13.2 Å². The number of aromatic amines is 1. The SMILES string of the molecule is O=C(Cc1nc2ccc(OCc3ccc(C(F)(F)F)cc3)cc2[nH]1)c1cn2cc(-c3ccccc3)ccc2n1. The maximum absolute atomic E-state index is 13.0. The van der Waals surface area contributed by atoms with E-state index in [0.29, 0.717) is 39.5 Å². The molecule has 0 aliphatic rings. The zero-order valence-electron chi connectivity index (χ0n) is 20.4. The summed E-state index contributed by atoms with van der Waals surface area (Å²) in [5, 5.41) is 0. The van der Waals surface area contributed by atoms with Crippen LogP contribution in [0.2, 0.25) is 0 Å². The van der Waals surface area contributed by atoms with Crippen molar-refractivity contribution in [3.63, 3.8) is 0 Å². The van der Waals surface area contributed by atoms with E-state index in [-0.39, 0.29) is 18.8 Å². The number of aromatic nitrogens is 4. The van der Waals surface area contributed by atoms with Crippen molar-refractivity contribution in [1.29, 1.82) is 0 Å². The number of ether oxygens (including phenoxy) is 1. The van der Waals surface area contributed by atoms with Crippen molar-refractivity contribution >= 4 is 22.5 Å². The van der Waals surface area contributed by atoms with Gasteiger partial charge in [0.1, 0.15) is 29.5 Å². The molecule has 0 aliphatic heterocycles. The van der Waals surface area contributed by atoms with E-state index < -0.39 is 11.7 Å². The van der Waals surface area contributed by atoms with Crippen molar-refractivity contribution in [2.45, 2.75) is 19.2 Å². The lowest BCUT2D eigenvalue weighted by Crippen LogP contribution is -2.05. The second kappa shape index (κ2) is 9.75. The van der Waals surface area contributed by atoms with Gasteiger partial charge in [-0.2, -0.15) is 13.2 Å². The number of hydrogen-bond acceptors (Lipinski definition) is 4. The molecule has 0 amide bonds. The maximum atomic E-state index is 13.0. The van der Waals surface area contributed by atoms with Gasteiger partial charge < -0.3 is 14.1 Å². The highest BCUT2D eigenvalue weighted by Gasteiger charge is 2.29. The highest BCUT2D eigenvalue weighted by Crippen LogP contribution is 2.29. The Hall–Kier alpha value is -4.92. The molecule has 3 heterocycles. The normalized spacial score (nSPS) is 11.8. The van der Waals surface area contributed by atoms with Gasteiger partial charge in [0.25, 0.3) is 0 Å². The predicted molar refractivity (Wildman–Crippen MR) is 141 cm³/mol. The van der Waals surface area contributed by atoms with Gasteiger partial charge in [0.15, 0.2) is 5.78 Å². The Morgan fingerprint density at radius 3 is 2.44 bits per heavy atom. The first-order valence-electron chi connectivity index (χ1n) is 12.2. The molecule has 3 aromatic carbocycles. The van der Waals surface area contributed by atoms with E-state index in [1.807, 2.05) is 53.1 Å². The van der Waals surface area contributed by atoms with Crippen LogP contribution in [0, 0.1) is 0 Å². The van der Waals surface area contributed by atoms with Crippen molar-refractivity contribution < 1.29 is 22.7 Å². The first-order chi connectivity index (χ1) is 18.8. The summed E-state index contributed by atoms with van der Waals surface area (Å²) in [6.07, 6.45) is -0.658. The molecule has 0 unspecified atom stereocenters. The number of Topliss-reactive ketones (excluding diaryl/α,β-unsaturated/α-hetero) is 1. The zero-order valence-corrected chi connectivity index (χ0v) is 20.4. The van der Waals surface area contributed by atoms with Gasteiger partial charge in [0, 0.05) is 18.5 Å². The molecule has 6 rings (SSSR count). The lowest BCUT2D eigenvalue weighted by Gasteiger charge is -2.09. The summed E-state index contributed by atoms with van der Waals surface area (Å²) >= 11 is 0. The number of hydrogen-bond donors (Lipinski definition) is 1. The van der Waals surface area contributed by atoms with Gasteiger partial charge in [-0.25, -0.2) is 9.97 Å². The number of carbonyl (C=O) groups is 1. The molecule has 3 aromatic heterocycles. The van der Waals surface area contributed by atoms with Crippen LogP contribution in [-0.2, 0) is 19.2 Å². The minimum atomic E-state index is -4.37. The minimum Gasteiger partial charge on any atom is -0.489 e. The largest absolute Gasteiger partial charge is 0.489 e. The van der Waals surface area contributed by atoms with Gasteiger partial charge in [0.2, 0.25) is 0 Å². The zero-order chi connectivity index (χ0) is 27.0. The van der Waals surface area contributed by atoms with Gasteiger partial charge in [-0.15, -0.1) is 0 Å². The number of nitrogens with zero attached hydrogens (tertiary/aromatic N) is 3. The summed E-state index contributed by atoms with van der Waals surface area (Å²) in [6.45, 7) is 0.114. The number of fused-ring (bicyclic) bond motifs is 2. The maximum Gasteiger partial charge on any atom is 0.416 e. The van der Waals surface area contributed by atoms with Gasteiger partial charge in [0.05, 0.1) is 23.0 Å². The summed E-state index contributed by atoms with van der Waals surface area (Å²) in [5.41, 5.74) is 4.39. The van der Waals surface area contributed by atoms with Crippen molar-refractivity contribution in [2.24, 2.45) is 0 Å². The highest BCUT2D eigenvalue weighted by molar-refractivity contribution is 5.96. The Bertz CT molecular complexity index is 1790. The van der Waals surface area contributed by atoms with Crippen LogP contribution in [-0.4, -0.2) is 25.1 Å². The van der Waals surface area contributed by atoms with Crippen LogP contribution >= 0.6 is 0 Å². The van der Waals surface area contributed by atoms with Gasteiger partial charge in [-0.3, -0.25) is 4.79 Å². The lowest BCUT2D eigenvalue weighted by molar-refractivity contribution is -0.137. The third kappa shape index (κ3) is 5.24. The van der Waals surface area contributed by atoms with E-state index in [9.17, 15) is 18.0 Å². The first kappa shape index (κ1) is 24.4. The average molecular weight is 527 g/mol. The number of alkyl halides is 3. The quantitative estimate of drug-likeness (QED) is 0.230. The fraction of sp³-hybridized carbons (Fsp3) is 0.100. The monoisotopic (exact) mass is 526 g/mol. The van der Waals surface area contributed by atoms with E-state index in [1.165, 1.54) is 12.1 Å². The molecule has 6 nitrogen and oxygen atoms in total. The standard InChI is InChI=1S/C30H21F3N4O2/c31-30(32,33)22-9-6-19(7-10-22)18-39-23-11-12-24-25(14-23)35-28(34-24)15-27(38)26-17-37-16-21(8-13-29(37)36-26)20-4-2-1-3-5-20/h1-14,16-17H,15,18H2,(H,34,35). The summed E-state index contributed by atoms with van der Waals surface area (Å²) < 4.78 is 45.8. The minimum absolute atomic E-state index is 0.0475. The van der Waals surface area contributed by atoms with Crippen LogP contribution in [0.3, 0.4) is 0 Å². The fourth-order valence-electron chi connectivity index (χ4n) is 4.34. The molecule has 9 heteroatoms. The van der Waals surface area contributed by atoms with Crippen LogP contribution in [0.25, 0.3) is 27.8 Å². The number of imidazole rings is 2. The summed E-state index contributed by atoms with van der Waals surface area (Å²) in [7, 11) is 0. The van der Waals surface area contributed by atoms with E-state index in [4.69, 9.17) is 4.74 Å². The van der Waals surface area contributed by atoms with Gasteiger partial charge in [-0.1, -0.05) is 42.5 Å². The molecule has 6 aromatic rings. The number of pyridine rings is 1. The molecule has 0 bridgehead atoms. The molecular weight excluding hydrogens is 505 g/mol. The molecule has 0 saturated carbocycles. The van der Waals surface area contributed by atoms with Crippen molar-refractivity contribution in [3.05, 3.63) is 120 Å². The fourth-order valence-corrected chi connectivity index (χ4v) is 4.34. The second-order valence-corrected chi connectivity index (χ2v) is 9.12. The smallest absolute Gasteiger partial charge is 0.416 e. The van der Waals surface area contributed by atoms with Crippen LogP contribution in [0.5, 0.6) is 5.75 Å². The van der Waals surface area contributed by atoms with Crippen LogP contribution < -0.4 is 4.74 Å².